The van der Waals surface area contributed by atoms with Gasteiger partial charge in [-0.3, -0.25) is 0 Å². The molecule has 1 aromatic carbocycles. The highest BCUT2D eigenvalue weighted by molar-refractivity contribution is 9.10. The molecule has 19 heavy (non-hydrogen) atoms. The van der Waals surface area contributed by atoms with Crippen LogP contribution in [0.4, 0.5) is 5.69 Å². The van der Waals surface area contributed by atoms with Crippen LogP contribution in [0.5, 0.6) is 0 Å². The van der Waals surface area contributed by atoms with Crippen LogP contribution in [0.3, 0.4) is 0 Å². The fourth-order valence-electron chi connectivity index (χ4n) is 2.47. The first kappa shape index (κ1) is 13.4. The van der Waals surface area contributed by atoms with Crippen LogP contribution in [0.2, 0.25) is 0 Å². The van der Waals surface area contributed by atoms with Gasteiger partial charge >= 0.3 is 0 Å². The van der Waals surface area contributed by atoms with Gasteiger partial charge in [0.05, 0.1) is 0 Å². The molecular formula is C15H19BrN2S. The van der Waals surface area contributed by atoms with Crippen molar-refractivity contribution in [1.82, 2.24) is 0 Å². The van der Waals surface area contributed by atoms with Crippen molar-refractivity contribution in [2.45, 2.75) is 25.7 Å². The van der Waals surface area contributed by atoms with Gasteiger partial charge in [0.2, 0.25) is 0 Å². The van der Waals surface area contributed by atoms with Gasteiger partial charge in [0.1, 0.15) is 4.99 Å². The van der Waals surface area contributed by atoms with Crippen LogP contribution in [0.15, 0.2) is 22.7 Å². The van der Waals surface area contributed by atoms with Crippen molar-refractivity contribution in [3.63, 3.8) is 0 Å². The zero-order valence-corrected chi connectivity index (χ0v) is 13.3. The molecule has 1 aromatic rings. The molecule has 4 heteroatoms. The summed E-state index contributed by atoms with van der Waals surface area (Å²) in [4.78, 5) is 3.01. The van der Waals surface area contributed by atoms with Crippen molar-refractivity contribution in [3.05, 3.63) is 28.2 Å². The third-order valence-electron chi connectivity index (χ3n) is 3.92. The average Bonchev–Trinajstić information content (AvgIpc) is 3.22. The quantitative estimate of drug-likeness (QED) is 0.801. The molecule has 0 saturated heterocycles. The number of benzene rings is 1. The highest BCUT2D eigenvalue weighted by Crippen LogP contribution is 2.37. The third-order valence-corrected chi connectivity index (χ3v) is 4.63. The molecule has 0 atom stereocenters. The maximum absolute atomic E-state index is 5.88. The van der Waals surface area contributed by atoms with Gasteiger partial charge in [-0.2, -0.15) is 0 Å². The van der Waals surface area contributed by atoms with Crippen molar-refractivity contribution in [2.75, 3.05) is 18.0 Å². The first-order valence-electron chi connectivity index (χ1n) is 6.98. The van der Waals surface area contributed by atoms with Crippen LogP contribution >= 0.6 is 28.1 Å². The van der Waals surface area contributed by atoms with E-state index in [1.54, 1.807) is 0 Å². The van der Waals surface area contributed by atoms with Gasteiger partial charge in [0, 0.05) is 28.8 Å². The van der Waals surface area contributed by atoms with Crippen LogP contribution in [0.1, 0.15) is 31.2 Å². The minimum atomic E-state index is 0.499. The van der Waals surface area contributed by atoms with E-state index in [0.29, 0.717) is 4.99 Å². The number of rotatable bonds is 6. The highest BCUT2D eigenvalue weighted by Gasteiger charge is 2.30. The highest BCUT2D eigenvalue weighted by atomic mass is 79.9. The van der Waals surface area contributed by atoms with Gasteiger partial charge in [-0.15, -0.1) is 0 Å². The van der Waals surface area contributed by atoms with Gasteiger partial charge in [-0.25, -0.2) is 0 Å². The van der Waals surface area contributed by atoms with E-state index in [4.69, 9.17) is 18.0 Å². The Labute approximate surface area is 128 Å². The van der Waals surface area contributed by atoms with E-state index in [9.17, 15) is 0 Å². The number of nitrogens with two attached hydrogens (primary N) is 1. The van der Waals surface area contributed by atoms with Crippen molar-refractivity contribution >= 4 is 38.8 Å². The second-order valence-electron chi connectivity index (χ2n) is 5.82. The molecule has 3 rings (SSSR count). The molecular weight excluding hydrogens is 320 g/mol. The molecule has 0 unspecified atom stereocenters. The van der Waals surface area contributed by atoms with E-state index in [1.165, 1.54) is 31.4 Å². The summed E-state index contributed by atoms with van der Waals surface area (Å²) in [7, 11) is 0. The molecule has 2 N–H and O–H groups in total. The molecule has 0 spiro atoms. The molecule has 0 heterocycles. The normalized spacial score (nSPS) is 18.4. The van der Waals surface area contributed by atoms with E-state index in [2.05, 4.69) is 26.9 Å². The Morgan fingerprint density at radius 1 is 1.21 bits per heavy atom. The van der Waals surface area contributed by atoms with Crippen molar-refractivity contribution in [1.29, 1.82) is 0 Å². The molecule has 2 aliphatic rings. The number of nitrogens with zero attached hydrogens (tertiary/aromatic N) is 1. The van der Waals surface area contributed by atoms with Gasteiger partial charge in [-0.1, -0.05) is 28.1 Å². The molecule has 2 fully saturated rings. The maximum Gasteiger partial charge on any atom is 0.106 e. The number of thiocarbonyl (C=S) groups is 1. The zero-order valence-electron chi connectivity index (χ0n) is 10.9. The second-order valence-corrected chi connectivity index (χ2v) is 7.17. The second kappa shape index (κ2) is 5.41. The summed E-state index contributed by atoms with van der Waals surface area (Å²) in [5.41, 5.74) is 8.11. The van der Waals surface area contributed by atoms with E-state index in [1.807, 2.05) is 12.1 Å². The number of halogens is 1. The molecule has 0 aliphatic heterocycles. The number of hydrogen-bond donors (Lipinski definition) is 1. The fourth-order valence-corrected chi connectivity index (χ4v) is 2.99. The lowest BCUT2D eigenvalue weighted by Gasteiger charge is -2.27. The lowest BCUT2D eigenvalue weighted by atomic mass is 10.1. The predicted octanol–water partition coefficient (Wildman–Crippen LogP) is 3.71. The Hall–Kier alpha value is -0.610. The predicted molar refractivity (Wildman–Crippen MR) is 87.7 cm³/mol. The van der Waals surface area contributed by atoms with Crippen LogP contribution in [-0.4, -0.2) is 18.1 Å². The van der Waals surface area contributed by atoms with Crippen LogP contribution in [0.25, 0.3) is 0 Å². The van der Waals surface area contributed by atoms with Crippen LogP contribution in [0, 0.1) is 11.8 Å². The molecule has 0 aromatic heterocycles. The largest absolute Gasteiger partial charge is 0.389 e. The molecule has 2 saturated carbocycles. The first-order valence-corrected chi connectivity index (χ1v) is 8.18. The van der Waals surface area contributed by atoms with Gasteiger partial charge in [0.25, 0.3) is 0 Å². The summed E-state index contributed by atoms with van der Waals surface area (Å²) in [6.07, 6.45) is 5.49. The van der Waals surface area contributed by atoms with Crippen LogP contribution in [-0.2, 0) is 0 Å². The zero-order chi connectivity index (χ0) is 13.4. The summed E-state index contributed by atoms with van der Waals surface area (Å²) in [6.45, 7) is 2.31. The van der Waals surface area contributed by atoms with Gasteiger partial charge in [-0.05, 0) is 55.7 Å². The Balaban J connectivity index is 1.89. The number of hydrogen-bond acceptors (Lipinski definition) is 2. The Bertz CT molecular complexity index is 481. The maximum atomic E-state index is 5.88. The minimum absolute atomic E-state index is 0.499. The van der Waals surface area contributed by atoms with Crippen molar-refractivity contribution in [3.8, 4) is 0 Å². The minimum Gasteiger partial charge on any atom is -0.389 e. The smallest absolute Gasteiger partial charge is 0.106 e. The van der Waals surface area contributed by atoms with Crippen molar-refractivity contribution < 1.29 is 0 Å². The summed E-state index contributed by atoms with van der Waals surface area (Å²) >= 11 is 8.77. The Morgan fingerprint density at radius 3 is 2.26 bits per heavy atom. The fraction of sp³-hybridized carbons (Fsp3) is 0.533. The molecule has 0 bridgehead atoms. The SMILES string of the molecule is NC(=S)c1ccc(Br)cc1N(CC1CC1)CC1CC1. The topological polar surface area (TPSA) is 29.3 Å². The lowest BCUT2D eigenvalue weighted by Crippen LogP contribution is -2.30. The number of anilines is 1. The molecule has 2 nitrogen and oxygen atoms in total. The Morgan fingerprint density at radius 2 is 1.79 bits per heavy atom. The third kappa shape index (κ3) is 3.48. The standard InChI is InChI=1S/C15H19BrN2S/c16-12-5-6-13(15(17)19)14(7-12)18(8-10-1-2-10)9-11-3-4-11/h5-7,10-11H,1-4,8-9H2,(H2,17,19). The molecule has 0 amide bonds. The molecule has 2 aliphatic carbocycles. The summed E-state index contributed by atoms with van der Waals surface area (Å²) < 4.78 is 1.10. The van der Waals surface area contributed by atoms with E-state index < -0.39 is 0 Å². The first-order chi connectivity index (χ1) is 9.13. The molecule has 102 valence electrons. The monoisotopic (exact) mass is 338 g/mol. The molecule has 0 radical (unpaired) electrons. The summed E-state index contributed by atoms with van der Waals surface area (Å²) in [5.74, 6) is 1.74. The van der Waals surface area contributed by atoms with Crippen LogP contribution < -0.4 is 10.6 Å². The Kier molecular flexibility index (Phi) is 3.81. The summed E-state index contributed by atoms with van der Waals surface area (Å²) in [6, 6.07) is 6.22. The average molecular weight is 339 g/mol. The van der Waals surface area contributed by atoms with Crippen molar-refractivity contribution in [2.24, 2.45) is 17.6 Å². The lowest BCUT2D eigenvalue weighted by molar-refractivity contribution is 0.679. The van der Waals surface area contributed by atoms with Gasteiger partial charge in [0.15, 0.2) is 0 Å². The van der Waals surface area contributed by atoms with E-state index in [-0.39, 0.29) is 0 Å². The van der Waals surface area contributed by atoms with E-state index >= 15 is 0 Å². The van der Waals surface area contributed by atoms with E-state index in [0.717, 1.165) is 35.0 Å². The van der Waals surface area contributed by atoms with Gasteiger partial charge < -0.3 is 10.6 Å². The summed E-state index contributed by atoms with van der Waals surface area (Å²) in [5, 5.41) is 0.